The summed E-state index contributed by atoms with van der Waals surface area (Å²) in [6, 6.07) is 4.73. The summed E-state index contributed by atoms with van der Waals surface area (Å²) in [6.45, 7) is 0. The minimum absolute atomic E-state index is 0.234. The fourth-order valence-electron chi connectivity index (χ4n) is 1.39. The molecule has 0 spiro atoms. The molecule has 0 atom stereocenters. The van der Waals surface area contributed by atoms with Gasteiger partial charge in [0.15, 0.2) is 5.65 Å². The van der Waals surface area contributed by atoms with Gasteiger partial charge in [-0.2, -0.15) is 0 Å². The highest BCUT2D eigenvalue weighted by Gasteiger charge is 2.15. The van der Waals surface area contributed by atoms with Gasteiger partial charge in [-0.05, 0) is 11.4 Å². The van der Waals surface area contributed by atoms with E-state index in [0.29, 0.717) is 5.65 Å². The monoisotopic (exact) mass is 281 g/mol. The van der Waals surface area contributed by atoms with E-state index in [9.17, 15) is 8.42 Å². The van der Waals surface area contributed by atoms with E-state index >= 15 is 0 Å². The van der Waals surface area contributed by atoms with Crippen LogP contribution in [0.15, 0.2) is 40.2 Å². The smallest absolute Gasteiger partial charge is 0.263 e. The van der Waals surface area contributed by atoms with Crippen molar-refractivity contribution in [3.8, 4) is 0 Å². The molecule has 0 unspecified atom stereocenters. The number of hydrogen-bond donors (Lipinski definition) is 1. The van der Waals surface area contributed by atoms with Crippen molar-refractivity contribution >= 4 is 32.8 Å². The molecule has 0 saturated heterocycles. The second kappa shape index (κ2) is 4.03. The van der Waals surface area contributed by atoms with Crippen LogP contribution in [0, 0.1) is 0 Å². The van der Waals surface area contributed by atoms with Gasteiger partial charge in [-0.15, -0.1) is 16.4 Å². The molecule has 3 aromatic heterocycles. The van der Waals surface area contributed by atoms with Crippen molar-refractivity contribution in [1.82, 2.24) is 19.8 Å². The Bertz CT molecular complexity index is 778. The van der Waals surface area contributed by atoms with Crippen LogP contribution in [0.4, 0.5) is 5.82 Å². The molecular formula is C9H7N5O2S2. The number of aromatic nitrogens is 4. The summed E-state index contributed by atoms with van der Waals surface area (Å²) in [5.74, 6) is 0.234. The molecule has 3 rings (SSSR count). The van der Waals surface area contributed by atoms with E-state index in [1.807, 2.05) is 0 Å². The van der Waals surface area contributed by atoms with Gasteiger partial charge in [0, 0.05) is 12.3 Å². The fourth-order valence-corrected chi connectivity index (χ4v) is 3.38. The zero-order valence-corrected chi connectivity index (χ0v) is 10.5. The van der Waals surface area contributed by atoms with Crippen molar-refractivity contribution in [3.05, 3.63) is 36.0 Å². The first-order chi connectivity index (χ1) is 8.65. The van der Waals surface area contributed by atoms with E-state index in [0.717, 1.165) is 11.3 Å². The molecule has 0 radical (unpaired) electrons. The second-order valence-electron chi connectivity index (χ2n) is 3.39. The van der Waals surface area contributed by atoms with Gasteiger partial charge in [0.2, 0.25) is 0 Å². The molecule has 92 valence electrons. The number of thiophene rings is 1. The van der Waals surface area contributed by atoms with Crippen LogP contribution in [0.5, 0.6) is 0 Å². The summed E-state index contributed by atoms with van der Waals surface area (Å²) >= 11 is 1.15. The lowest BCUT2D eigenvalue weighted by atomic mass is 10.6. The first-order valence-electron chi connectivity index (χ1n) is 4.88. The lowest BCUT2D eigenvalue weighted by Gasteiger charge is -2.04. The maximum Gasteiger partial charge on any atom is 0.272 e. The van der Waals surface area contributed by atoms with E-state index in [1.165, 1.54) is 22.8 Å². The Morgan fingerprint density at radius 2 is 2.22 bits per heavy atom. The lowest BCUT2D eigenvalue weighted by Crippen LogP contribution is -2.12. The molecule has 0 amide bonds. The highest BCUT2D eigenvalue weighted by molar-refractivity contribution is 7.94. The minimum Gasteiger partial charge on any atom is -0.263 e. The van der Waals surface area contributed by atoms with E-state index < -0.39 is 10.0 Å². The Hall–Kier alpha value is -2.00. The van der Waals surface area contributed by atoms with Gasteiger partial charge in [-0.1, -0.05) is 11.3 Å². The Morgan fingerprint density at radius 1 is 1.33 bits per heavy atom. The molecule has 0 fully saturated rings. The minimum atomic E-state index is -3.57. The van der Waals surface area contributed by atoms with Crippen LogP contribution in [0.25, 0.3) is 5.65 Å². The van der Waals surface area contributed by atoms with Crippen molar-refractivity contribution in [2.24, 2.45) is 0 Å². The number of nitrogens with zero attached hydrogens (tertiary/aromatic N) is 4. The third-order valence-electron chi connectivity index (χ3n) is 2.16. The number of fused-ring (bicyclic) bond motifs is 1. The molecule has 3 heterocycles. The van der Waals surface area contributed by atoms with E-state index in [1.54, 1.807) is 17.6 Å². The van der Waals surface area contributed by atoms with Crippen LogP contribution in [-0.2, 0) is 10.0 Å². The summed E-state index contributed by atoms with van der Waals surface area (Å²) in [4.78, 5) is 4.08. The number of anilines is 1. The van der Waals surface area contributed by atoms with E-state index in [-0.39, 0.29) is 10.0 Å². The Morgan fingerprint density at radius 3 is 3.00 bits per heavy atom. The van der Waals surface area contributed by atoms with Crippen molar-refractivity contribution < 1.29 is 8.42 Å². The Kier molecular flexibility index (Phi) is 2.49. The molecule has 0 aliphatic carbocycles. The highest BCUT2D eigenvalue weighted by Crippen LogP contribution is 2.19. The highest BCUT2D eigenvalue weighted by atomic mass is 32.2. The molecule has 7 nitrogen and oxygen atoms in total. The van der Waals surface area contributed by atoms with Crippen LogP contribution in [0.2, 0.25) is 0 Å². The van der Waals surface area contributed by atoms with Crippen LogP contribution in [0.3, 0.4) is 0 Å². The Labute approximate surface area is 106 Å². The number of nitrogens with one attached hydrogen (secondary N) is 1. The first kappa shape index (κ1) is 11.1. The number of hydrogen-bond acceptors (Lipinski definition) is 6. The maximum atomic E-state index is 12.0. The molecule has 0 aliphatic rings. The second-order valence-corrected chi connectivity index (χ2v) is 6.24. The summed E-state index contributed by atoms with van der Waals surface area (Å²) in [5, 5.41) is 9.10. The summed E-state index contributed by atoms with van der Waals surface area (Å²) in [6.07, 6.45) is 3.03. The van der Waals surface area contributed by atoms with Gasteiger partial charge in [0.25, 0.3) is 10.0 Å². The molecule has 18 heavy (non-hydrogen) atoms. The molecule has 0 aliphatic heterocycles. The predicted molar refractivity (Wildman–Crippen MR) is 65.9 cm³/mol. The zero-order valence-electron chi connectivity index (χ0n) is 8.89. The lowest BCUT2D eigenvalue weighted by molar-refractivity contribution is 0.603. The van der Waals surface area contributed by atoms with E-state index in [2.05, 4.69) is 20.0 Å². The topological polar surface area (TPSA) is 89.2 Å². The predicted octanol–water partition coefficient (Wildman–Crippen LogP) is 0.987. The average Bonchev–Trinajstić information content (AvgIpc) is 2.99. The van der Waals surface area contributed by atoms with Gasteiger partial charge < -0.3 is 0 Å². The van der Waals surface area contributed by atoms with Crippen molar-refractivity contribution in [1.29, 1.82) is 0 Å². The van der Waals surface area contributed by atoms with Crippen LogP contribution < -0.4 is 4.72 Å². The third kappa shape index (κ3) is 1.93. The summed E-state index contributed by atoms with van der Waals surface area (Å²) in [7, 11) is -3.57. The van der Waals surface area contributed by atoms with Gasteiger partial charge in [-0.25, -0.2) is 17.9 Å². The van der Waals surface area contributed by atoms with Crippen molar-refractivity contribution in [2.75, 3.05) is 4.72 Å². The van der Waals surface area contributed by atoms with Crippen LogP contribution >= 0.6 is 11.3 Å². The van der Waals surface area contributed by atoms with Gasteiger partial charge in [0.05, 0.1) is 6.20 Å². The fraction of sp³-hybridized carbons (Fsp3) is 0. The molecule has 0 aromatic carbocycles. The third-order valence-corrected chi connectivity index (χ3v) is 4.92. The molecule has 0 saturated carbocycles. The maximum absolute atomic E-state index is 12.0. The van der Waals surface area contributed by atoms with Gasteiger partial charge in [0.1, 0.15) is 10.0 Å². The van der Waals surface area contributed by atoms with Crippen LogP contribution in [0.1, 0.15) is 0 Å². The quantitative estimate of drug-likeness (QED) is 0.773. The van der Waals surface area contributed by atoms with Crippen LogP contribution in [-0.4, -0.2) is 28.2 Å². The summed E-state index contributed by atoms with van der Waals surface area (Å²) in [5.41, 5.74) is 0.473. The molecule has 1 N–H and O–H groups in total. The standard InChI is InChI=1S/C9H7N5O2S2/c15-18(16,9-2-1-5-17-9)12-7-3-4-14-8(11-7)6-10-13-14/h1-6H,(H,11,12). The number of sulfonamides is 1. The average molecular weight is 281 g/mol. The van der Waals surface area contributed by atoms with Gasteiger partial charge >= 0.3 is 0 Å². The summed E-state index contributed by atoms with van der Waals surface area (Å²) < 4.78 is 28.0. The van der Waals surface area contributed by atoms with Gasteiger partial charge in [-0.3, -0.25) is 4.72 Å². The van der Waals surface area contributed by atoms with Crippen molar-refractivity contribution in [3.63, 3.8) is 0 Å². The molecule has 9 heteroatoms. The first-order valence-corrected chi connectivity index (χ1v) is 7.25. The SMILES string of the molecule is O=S(=O)(Nc1ccn2nncc2n1)c1cccs1. The molecule has 0 bridgehead atoms. The largest absolute Gasteiger partial charge is 0.272 e. The Balaban J connectivity index is 1.97. The molecule has 3 aromatic rings. The zero-order chi connectivity index (χ0) is 12.6. The van der Waals surface area contributed by atoms with Crippen molar-refractivity contribution in [2.45, 2.75) is 4.21 Å². The molecular weight excluding hydrogens is 274 g/mol. The normalized spacial score (nSPS) is 11.8. The van der Waals surface area contributed by atoms with E-state index in [4.69, 9.17) is 0 Å². The number of rotatable bonds is 3.